The van der Waals surface area contributed by atoms with Gasteiger partial charge < -0.3 is 19.1 Å². The predicted molar refractivity (Wildman–Crippen MR) is 77.9 cm³/mol. The van der Waals surface area contributed by atoms with E-state index in [4.69, 9.17) is 9.47 Å². The van der Waals surface area contributed by atoms with Crippen molar-refractivity contribution in [2.45, 2.75) is 32.6 Å². The van der Waals surface area contributed by atoms with E-state index in [1.165, 1.54) is 19.5 Å². The number of aromatic nitrogens is 3. The van der Waals surface area contributed by atoms with Crippen molar-refractivity contribution in [3.63, 3.8) is 0 Å². The van der Waals surface area contributed by atoms with Gasteiger partial charge in [-0.1, -0.05) is 0 Å². The van der Waals surface area contributed by atoms with E-state index >= 15 is 0 Å². The van der Waals surface area contributed by atoms with E-state index in [0.29, 0.717) is 0 Å². The lowest BCUT2D eigenvalue weighted by atomic mass is 10.1. The van der Waals surface area contributed by atoms with Gasteiger partial charge in [0.25, 0.3) is 5.56 Å². The van der Waals surface area contributed by atoms with Crippen LogP contribution in [0.3, 0.4) is 0 Å². The lowest BCUT2D eigenvalue weighted by molar-refractivity contribution is -0.000778. The number of ether oxygens (including phenoxy) is 2. The summed E-state index contributed by atoms with van der Waals surface area (Å²) in [6, 6.07) is 0. The van der Waals surface area contributed by atoms with Gasteiger partial charge in [0.05, 0.1) is 38.0 Å². The molecule has 0 unspecified atom stereocenters. The molecule has 0 bridgehead atoms. The van der Waals surface area contributed by atoms with Crippen LogP contribution in [0.25, 0.3) is 11.3 Å². The van der Waals surface area contributed by atoms with Gasteiger partial charge >= 0.3 is 5.97 Å². The van der Waals surface area contributed by atoms with Crippen molar-refractivity contribution < 1.29 is 19.4 Å². The lowest BCUT2D eigenvalue weighted by Gasteiger charge is -2.17. The number of nitrogens with zero attached hydrogens (tertiary/aromatic N) is 2. The fourth-order valence-electron chi connectivity index (χ4n) is 2.05. The number of carbonyl (C=O) groups is 1. The molecule has 0 aliphatic carbocycles. The van der Waals surface area contributed by atoms with Crippen LogP contribution in [0.5, 0.6) is 0 Å². The molecule has 2 aliphatic heterocycles. The molecule has 0 aromatic carbocycles. The van der Waals surface area contributed by atoms with Crippen LogP contribution in [0.1, 0.15) is 24.2 Å². The molecule has 22 heavy (non-hydrogen) atoms. The number of esters is 1. The number of aliphatic hydroxyl groups is 1. The Balaban J connectivity index is 2.30. The highest BCUT2D eigenvalue weighted by molar-refractivity contribution is 5.95. The summed E-state index contributed by atoms with van der Waals surface area (Å²) in [5, 5.41) is 16.1. The lowest BCUT2D eigenvalue weighted by Crippen LogP contribution is -2.24. The monoisotopic (exact) mass is 309 g/mol. The van der Waals surface area contributed by atoms with Crippen molar-refractivity contribution in [2.75, 3.05) is 13.7 Å². The Hall–Kier alpha value is -2.19. The Morgan fingerprint density at radius 1 is 1.45 bits per heavy atom. The number of nitrogens with one attached hydrogen (secondary N) is 1. The summed E-state index contributed by atoms with van der Waals surface area (Å²) in [5.41, 5.74) is 0.277. The van der Waals surface area contributed by atoms with E-state index in [1.807, 2.05) is 13.8 Å². The topological polar surface area (TPSA) is 106 Å². The number of rotatable bonds is 6. The Bertz CT molecular complexity index is 676. The molecule has 2 aliphatic rings. The zero-order valence-corrected chi connectivity index (χ0v) is 12.7. The molecular weight excluding hydrogens is 290 g/mol. The summed E-state index contributed by atoms with van der Waals surface area (Å²) in [5.74, 6) is -0.598. The first-order chi connectivity index (χ1) is 10.4. The molecule has 1 atom stereocenters. The molecule has 2 N–H and O–H groups in total. The molecule has 0 aromatic rings. The normalized spacial score (nSPS) is 12.8. The second-order valence-corrected chi connectivity index (χ2v) is 5.21. The van der Waals surface area contributed by atoms with Crippen molar-refractivity contribution in [3.05, 3.63) is 28.3 Å². The van der Waals surface area contributed by atoms with Crippen LogP contribution in [0.4, 0.5) is 0 Å². The SMILES string of the molecule is COC(=O)c1cn(C[C@H](O)COC(C)C)cc2c(=O)[nH]nc1-2. The first-order valence-electron chi connectivity index (χ1n) is 6.88. The van der Waals surface area contributed by atoms with Crippen molar-refractivity contribution in [1.82, 2.24) is 14.8 Å². The van der Waals surface area contributed by atoms with Gasteiger partial charge in [-0.15, -0.1) is 0 Å². The Kier molecular flexibility index (Phi) is 4.94. The van der Waals surface area contributed by atoms with E-state index < -0.39 is 17.6 Å². The highest BCUT2D eigenvalue weighted by Gasteiger charge is 2.22. The number of carbonyl (C=O) groups excluding carboxylic acids is 1. The molecule has 0 aromatic heterocycles. The second-order valence-electron chi connectivity index (χ2n) is 5.21. The second kappa shape index (κ2) is 6.71. The van der Waals surface area contributed by atoms with Crippen LogP contribution in [0, 0.1) is 0 Å². The van der Waals surface area contributed by atoms with Crippen molar-refractivity contribution in [1.29, 1.82) is 0 Å². The maximum Gasteiger partial charge on any atom is 0.341 e. The summed E-state index contributed by atoms with van der Waals surface area (Å²) in [6.45, 7) is 4.08. The van der Waals surface area contributed by atoms with Gasteiger partial charge in [0.15, 0.2) is 0 Å². The zero-order chi connectivity index (χ0) is 16.3. The molecule has 2 rings (SSSR count). The number of aliphatic hydroxyl groups excluding tert-OH is 1. The smallest absolute Gasteiger partial charge is 0.341 e. The third kappa shape index (κ3) is 3.52. The highest BCUT2D eigenvalue weighted by Crippen LogP contribution is 2.20. The number of fused-ring (bicyclic) bond motifs is 1. The minimum Gasteiger partial charge on any atom is -0.465 e. The Labute approximate surface area is 127 Å². The van der Waals surface area contributed by atoms with Gasteiger partial charge in [0.1, 0.15) is 11.3 Å². The first-order valence-corrected chi connectivity index (χ1v) is 6.88. The average molecular weight is 309 g/mol. The van der Waals surface area contributed by atoms with Crippen LogP contribution < -0.4 is 5.56 Å². The average Bonchev–Trinajstić information content (AvgIpc) is 2.85. The molecule has 0 fully saturated rings. The number of hydrogen-bond donors (Lipinski definition) is 2. The van der Waals surface area contributed by atoms with Crippen LogP contribution in [-0.4, -0.2) is 51.8 Å². The zero-order valence-electron chi connectivity index (χ0n) is 12.7. The Morgan fingerprint density at radius 3 is 2.82 bits per heavy atom. The van der Waals surface area contributed by atoms with Gasteiger partial charge in [-0.3, -0.25) is 4.79 Å². The number of aromatic amines is 1. The maximum atomic E-state index is 11.8. The van der Waals surface area contributed by atoms with Gasteiger partial charge in [-0.2, -0.15) is 5.10 Å². The summed E-state index contributed by atoms with van der Waals surface area (Å²) in [4.78, 5) is 23.5. The molecule has 0 amide bonds. The minimum absolute atomic E-state index is 0.00915. The molecule has 0 radical (unpaired) electrons. The largest absolute Gasteiger partial charge is 0.465 e. The minimum atomic E-state index is -0.766. The molecule has 0 saturated heterocycles. The molecule has 0 saturated carbocycles. The fraction of sp³-hybridized carbons (Fsp3) is 0.500. The highest BCUT2D eigenvalue weighted by atomic mass is 16.5. The standard InChI is InChI=1S/C14H19N3O5/c1-8(2)22-7-9(18)4-17-5-10-12(15-16-13(10)19)11(6-17)14(20)21-3/h5-6,8-9,18H,4,7H2,1-3H3,(H,16,19)/t9-/m0/s1. The fourth-order valence-corrected chi connectivity index (χ4v) is 2.05. The van der Waals surface area contributed by atoms with Gasteiger partial charge in [-0.25, -0.2) is 9.89 Å². The van der Waals surface area contributed by atoms with Crippen molar-refractivity contribution in [2.24, 2.45) is 0 Å². The van der Waals surface area contributed by atoms with Crippen LogP contribution >= 0.6 is 0 Å². The van der Waals surface area contributed by atoms with Crippen LogP contribution in [-0.2, 0) is 16.0 Å². The molecule has 2 heterocycles. The third-order valence-electron chi connectivity index (χ3n) is 3.06. The number of pyridine rings is 1. The van der Waals surface area contributed by atoms with Crippen LogP contribution in [0.15, 0.2) is 17.2 Å². The molecule has 8 heteroatoms. The third-order valence-corrected chi connectivity index (χ3v) is 3.06. The number of H-pyrrole nitrogens is 1. The van der Waals surface area contributed by atoms with E-state index in [9.17, 15) is 14.7 Å². The van der Waals surface area contributed by atoms with E-state index in [0.717, 1.165) is 0 Å². The van der Waals surface area contributed by atoms with Gasteiger partial charge in [0.2, 0.25) is 0 Å². The van der Waals surface area contributed by atoms with Gasteiger partial charge in [-0.05, 0) is 13.8 Å². The number of methoxy groups -OCH3 is 1. The predicted octanol–water partition coefficient (Wildman–Crippen LogP) is 0.249. The van der Waals surface area contributed by atoms with E-state index in [-0.39, 0.29) is 36.1 Å². The van der Waals surface area contributed by atoms with Crippen LogP contribution in [0.2, 0.25) is 0 Å². The van der Waals surface area contributed by atoms with Crippen molar-refractivity contribution in [3.8, 4) is 11.3 Å². The van der Waals surface area contributed by atoms with Gasteiger partial charge in [0, 0.05) is 12.4 Å². The Morgan fingerprint density at radius 2 is 2.18 bits per heavy atom. The summed E-state index contributed by atoms with van der Waals surface area (Å²) < 4.78 is 11.6. The first kappa shape index (κ1) is 16.2. The quantitative estimate of drug-likeness (QED) is 0.741. The molecule has 120 valence electrons. The molecule has 8 nitrogen and oxygen atoms in total. The summed E-state index contributed by atoms with van der Waals surface area (Å²) in [7, 11) is 1.25. The van der Waals surface area contributed by atoms with E-state index in [2.05, 4.69) is 10.2 Å². The molecule has 0 spiro atoms. The summed E-state index contributed by atoms with van der Waals surface area (Å²) in [6.07, 6.45) is 2.27. The molecular formula is C14H19N3O5. The van der Waals surface area contributed by atoms with Crippen molar-refractivity contribution >= 4 is 5.97 Å². The maximum absolute atomic E-state index is 11.8. The van der Waals surface area contributed by atoms with E-state index in [1.54, 1.807) is 4.57 Å². The summed E-state index contributed by atoms with van der Waals surface area (Å²) >= 11 is 0. The number of hydrogen-bond acceptors (Lipinski definition) is 6.